The van der Waals surface area contributed by atoms with Crippen molar-refractivity contribution in [3.8, 4) is 23.0 Å². The molecule has 0 amide bonds. The summed E-state index contributed by atoms with van der Waals surface area (Å²) in [4.78, 5) is 0. The molecule has 1 N–H and O–H groups in total. The molecule has 1 unspecified atom stereocenters. The third-order valence-corrected chi connectivity index (χ3v) is 5.39. The summed E-state index contributed by atoms with van der Waals surface area (Å²) < 4.78 is 17.9. The molecule has 7 heteroatoms. The number of benzene rings is 3. The Morgan fingerprint density at radius 2 is 1.70 bits per heavy atom. The van der Waals surface area contributed by atoms with E-state index in [9.17, 15) is 0 Å². The second kappa shape index (κ2) is 8.30. The van der Waals surface area contributed by atoms with Crippen molar-refractivity contribution in [3.05, 3.63) is 94.3 Å². The first kappa shape index (κ1) is 18.8. The first-order valence-corrected chi connectivity index (χ1v) is 10.3. The van der Waals surface area contributed by atoms with Crippen LogP contribution in [0.15, 0.2) is 81.7 Å². The molecule has 0 spiro atoms. The second-order valence-corrected chi connectivity index (χ2v) is 7.78. The summed E-state index contributed by atoms with van der Waals surface area (Å²) in [6.45, 7) is 0.860. The van der Waals surface area contributed by atoms with E-state index in [2.05, 4.69) is 31.4 Å². The predicted molar refractivity (Wildman–Crippen MR) is 115 cm³/mol. The van der Waals surface area contributed by atoms with Crippen molar-refractivity contribution >= 4 is 15.9 Å². The lowest BCUT2D eigenvalue weighted by atomic mass is 10.1. The lowest BCUT2D eigenvalue weighted by Crippen LogP contribution is -2.22. The van der Waals surface area contributed by atoms with Crippen LogP contribution in [0.2, 0.25) is 0 Å². The van der Waals surface area contributed by atoms with Crippen LogP contribution in [0.3, 0.4) is 0 Å². The fourth-order valence-corrected chi connectivity index (χ4v) is 3.59. The average Bonchev–Trinajstić information content (AvgIpc) is 3.45. The molecule has 0 saturated carbocycles. The van der Waals surface area contributed by atoms with Gasteiger partial charge in [0.25, 0.3) is 0 Å². The second-order valence-electron chi connectivity index (χ2n) is 6.86. The molecule has 2 heterocycles. The zero-order valence-electron chi connectivity index (χ0n) is 15.9. The first-order valence-electron chi connectivity index (χ1n) is 9.52. The molecule has 30 heavy (non-hydrogen) atoms. The predicted octanol–water partition coefficient (Wildman–Crippen LogP) is 5.11. The fraction of sp³-hybridized carbons (Fsp3) is 0.130. The van der Waals surface area contributed by atoms with Gasteiger partial charge in [0.05, 0.1) is 0 Å². The van der Waals surface area contributed by atoms with Gasteiger partial charge in [-0.3, -0.25) is 5.32 Å². The van der Waals surface area contributed by atoms with E-state index in [1.165, 1.54) is 0 Å². The quantitative estimate of drug-likeness (QED) is 0.428. The van der Waals surface area contributed by atoms with Crippen LogP contribution in [0.25, 0.3) is 11.5 Å². The molecule has 4 aromatic rings. The zero-order valence-corrected chi connectivity index (χ0v) is 17.5. The molecule has 1 atom stereocenters. The number of nitrogens with one attached hydrogen (secondary N) is 1. The number of rotatable bonds is 6. The van der Waals surface area contributed by atoms with Gasteiger partial charge >= 0.3 is 0 Å². The van der Waals surface area contributed by atoms with Gasteiger partial charge in [-0.05, 0) is 47.5 Å². The first-order chi connectivity index (χ1) is 14.8. The third-order valence-electron chi connectivity index (χ3n) is 4.86. The van der Waals surface area contributed by atoms with Gasteiger partial charge in [0.15, 0.2) is 11.5 Å². The Hall–Kier alpha value is -3.16. The van der Waals surface area contributed by atoms with Crippen LogP contribution in [0.4, 0.5) is 0 Å². The van der Waals surface area contributed by atoms with E-state index in [-0.39, 0.29) is 12.8 Å². The monoisotopic (exact) mass is 463 g/mol. The molecule has 3 aromatic carbocycles. The summed E-state index contributed by atoms with van der Waals surface area (Å²) in [5, 5.41) is 12.1. The average molecular weight is 464 g/mol. The Balaban J connectivity index is 1.42. The molecule has 1 aliphatic rings. The minimum Gasteiger partial charge on any atom is -0.454 e. The highest BCUT2D eigenvalue weighted by molar-refractivity contribution is 9.10. The van der Waals surface area contributed by atoms with Gasteiger partial charge in [-0.25, -0.2) is 0 Å². The molecule has 0 bridgehead atoms. The number of hydrogen-bond acceptors (Lipinski definition) is 6. The van der Waals surface area contributed by atoms with Gasteiger partial charge in [-0.15, -0.1) is 10.2 Å². The molecular weight excluding hydrogens is 446 g/mol. The van der Waals surface area contributed by atoms with Crippen LogP contribution in [0.5, 0.6) is 11.5 Å². The highest BCUT2D eigenvalue weighted by atomic mass is 79.9. The molecule has 1 aromatic heterocycles. The maximum atomic E-state index is 6.04. The molecule has 5 rings (SSSR count). The molecule has 0 aliphatic carbocycles. The molecule has 150 valence electrons. The van der Waals surface area contributed by atoms with E-state index in [0.29, 0.717) is 18.3 Å². The van der Waals surface area contributed by atoms with Crippen LogP contribution in [-0.2, 0) is 6.54 Å². The SMILES string of the molecule is Brc1ccc(C(NCc2ccc3c(c2)OCO3)c2nnc(-c3ccccc3)o2)cc1. The molecule has 1 aliphatic heterocycles. The van der Waals surface area contributed by atoms with Gasteiger partial charge in [0.2, 0.25) is 18.6 Å². The summed E-state index contributed by atoms with van der Waals surface area (Å²) in [5.74, 6) is 2.54. The minimum atomic E-state index is -0.256. The lowest BCUT2D eigenvalue weighted by molar-refractivity contribution is 0.174. The summed E-state index contributed by atoms with van der Waals surface area (Å²) >= 11 is 3.49. The van der Waals surface area contributed by atoms with Crippen molar-refractivity contribution < 1.29 is 13.9 Å². The van der Waals surface area contributed by atoms with E-state index in [4.69, 9.17) is 13.9 Å². The van der Waals surface area contributed by atoms with E-state index in [1.807, 2.05) is 72.8 Å². The van der Waals surface area contributed by atoms with Crippen molar-refractivity contribution in [2.45, 2.75) is 12.6 Å². The Bertz CT molecular complexity index is 1150. The molecule has 0 fully saturated rings. The van der Waals surface area contributed by atoms with Crippen molar-refractivity contribution in [2.75, 3.05) is 6.79 Å². The number of fused-ring (bicyclic) bond motifs is 1. The largest absolute Gasteiger partial charge is 0.454 e. The van der Waals surface area contributed by atoms with Gasteiger partial charge in [0, 0.05) is 16.6 Å². The number of nitrogens with zero attached hydrogens (tertiary/aromatic N) is 2. The Morgan fingerprint density at radius 3 is 2.53 bits per heavy atom. The van der Waals surface area contributed by atoms with Crippen LogP contribution in [0, 0.1) is 0 Å². The topological polar surface area (TPSA) is 69.4 Å². The third kappa shape index (κ3) is 3.94. The number of ether oxygens (including phenoxy) is 2. The molecule has 6 nitrogen and oxygen atoms in total. The summed E-state index contributed by atoms with van der Waals surface area (Å²) in [6.07, 6.45) is 0. The van der Waals surface area contributed by atoms with E-state index in [0.717, 1.165) is 32.7 Å². The number of halogens is 1. The Morgan fingerprint density at radius 1 is 0.900 bits per heavy atom. The summed E-state index contributed by atoms with van der Waals surface area (Å²) in [7, 11) is 0. The minimum absolute atomic E-state index is 0.256. The van der Waals surface area contributed by atoms with Crippen molar-refractivity contribution in [1.29, 1.82) is 0 Å². The fourth-order valence-electron chi connectivity index (χ4n) is 3.32. The van der Waals surface area contributed by atoms with Crippen LogP contribution in [-0.4, -0.2) is 17.0 Å². The van der Waals surface area contributed by atoms with Crippen LogP contribution in [0.1, 0.15) is 23.1 Å². The maximum absolute atomic E-state index is 6.04. The van der Waals surface area contributed by atoms with Gasteiger partial charge in [-0.2, -0.15) is 0 Å². The molecular formula is C23H18BrN3O3. The van der Waals surface area contributed by atoms with Crippen molar-refractivity contribution in [2.24, 2.45) is 0 Å². The lowest BCUT2D eigenvalue weighted by Gasteiger charge is -2.16. The maximum Gasteiger partial charge on any atom is 0.247 e. The van der Waals surface area contributed by atoms with Crippen LogP contribution >= 0.6 is 15.9 Å². The van der Waals surface area contributed by atoms with E-state index >= 15 is 0 Å². The summed E-state index contributed by atoms with van der Waals surface area (Å²) in [6, 6.07) is 23.5. The van der Waals surface area contributed by atoms with E-state index < -0.39 is 0 Å². The number of hydrogen-bond donors (Lipinski definition) is 1. The highest BCUT2D eigenvalue weighted by Crippen LogP contribution is 2.33. The normalized spacial score (nSPS) is 13.4. The molecule has 0 radical (unpaired) electrons. The smallest absolute Gasteiger partial charge is 0.247 e. The van der Waals surface area contributed by atoms with E-state index in [1.54, 1.807) is 0 Å². The summed E-state index contributed by atoms with van der Waals surface area (Å²) in [5.41, 5.74) is 2.99. The van der Waals surface area contributed by atoms with Gasteiger partial charge in [0.1, 0.15) is 6.04 Å². The number of aromatic nitrogens is 2. The molecule has 0 saturated heterocycles. The Kier molecular flexibility index (Phi) is 5.21. The zero-order chi connectivity index (χ0) is 20.3. The van der Waals surface area contributed by atoms with Gasteiger partial charge in [-0.1, -0.05) is 52.3 Å². The van der Waals surface area contributed by atoms with Crippen LogP contribution < -0.4 is 14.8 Å². The van der Waals surface area contributed by atoms with Crippen molar-refractivity contribution in [3.63, 3.8) is 0 Å². The van der Waals surface area contributed by atoms with Gasteiger partial charge < -0.3 is 13.9 Å². The standard InChI is InChI=1S/C23H18BrN3O3/c24-18-9-7-16(8-10-18)21(23-27-26-22(30-23)17-4-2-1-3-5-17)25-13-15-6-11-19-20(12-15)29-14-28-19/h1-12,21,25H,13-14H2. The highest BCUT2D eigenvalue weighted by Gasteiger charge is 2.22. The van der Waals surface area contributed by atoms with Crippen molar-refractivity contribution in [1.82, 2.24) is 15.5 Å². The Labute approximate surface area is 182 Å².